The number of aryl methyl sites for hydroxylation is 1. The molecule has 0 bridgehead atoms. The summed E-state index contributed by atoms with van der Waals surface area (Å²) in [6, 6.07) is 2.12. The van der Waals surface area contributed by atoms with Crippen molar-refractivity contribution in [1.29, 1.82) is 0 Å². The van der Waals surface area contributed by atoms with Gasteiger partial charge in [0.25, 0.3) is 0 Å². The van der Waals surface area contributed by atoms with Crippen molar-refractivity contribution in [3.63, 3.8) is 0 Å². The van der Waals surface area contributed by atoms with Crippen LogP contribution in [0.15, 0.2) is 28.2 Å². The predicted molar refractivity (Wildman–Crippen MR) is 87.2 cm³/mol. The first kappa shape index (κ1) is 16.9. The van der Waals surface area contributed by atoms with Crippen LogP contribution in [-0.2, 0) is 6.42 Å². The molecule has 20 heavy (non-hydrogen) atoms. The molecule has 2 N–H and O–H groups in total. The highest BCUT2D eigenvalue weighted by Crippen LogP contribution is 2.22. The molecule has 0 radical (unpaired) electrons. The van der Waals surface area contributed by atoms with E-state index in [1.54, 1.807) is 24.3 Å². The van der Waals surface area contributed by atoms with Crippen LogP contribution in [-0.4, -0.2) is 12.0 Å². The first-order valence-electron chi connectivity index (χ1n) is 7.27. The van der Waals surface area contributed by atoms with Crippen molar-refractivity contribution in [1.82, 2.24) is 0 Å². The van der Waals surface area contributed by atoms with Crippen LogP contribution in [0, 0.1) is 0 Å². The fraction of sp³-hybridized carbons (Fsp3) is 0.562. The van der Waals surface area contributed by atoms with E-state index >= 15 is 0 Å². The van der Waals surface area contributed by atoms with E-state index < -0.39 is 6.30 Å². The first-order valence-corrected chi connectivity index (χ1v) is 8.15. The minimum absolute atomic E-state index is 0.648. The third kappa shape index (κ3) is 5.87. The number of allylic oxidation sites excluding steroid dienone is 2. The van der Waals surface area contributed by atoms with Gasteiger partial charge in [-0.25, -0.2) is 9.38 Å². The lowest BCUT2D eigenvalue weighted by Gasteiger charge is -2.06. The number of nitrogens with two attached hydrogens (primary N) is 1. The number of hydrogen-bond donors (Lipinski definition) is 1. The predicted octanol–water partition coefficient (Wildman–Crippen LogP) is 4.84. The first-order chi connectivity index (χ1) is 9.54. The van der Waals surface area contributed by atoms with Gasteiger partial charge in [0.15, 0.2) is 6.30 Å². The van der Waals surface area contributed by atoms with Crippen LogP contribution in [0.4, 0.5) is 4.39 Å². The molecule has 1 aromatic rings. The Balaban J connectivity index is 2.87. The van der Waals surface area contributed by atoms with E-state index in [9.17, 15) is 4.39 Å². The highest BCUT2D eigenvalue weighted by Gasteiger charge is 2.11. The smallest absolute Gasteiger partial charge is 0.187 e. The summed E-state index contributed by atoms with van der Waals surface area (Å²) in [7, 11) is 0. The maximum Gasteiger partial charge on any atom is 0.187 e. The van der Waals surface area contributed by atoms with Crippen LogP contribution < -0.4 is 5.73 Å². The average molecular weight is 296 g/mol. The fourth-order valence-corrected chi connectivity index (χ4v) is 2.99. The summed E-state index contributed by atoms with van der Waals surface area (Å²) >= 11 is 1.61. The highest BCUT2D eigenvalue weighted by molar-refractivity contribution is 7.12. The topological polar surface area (TPSA) is 38.4 Å². The molecule has 1 aromatic heterocycles. The normalized spacial score (nSPS) is 14.6. The molecule has 0 amide bonds. The van der Waals surface area contributed by atoms with Crippen molar-refractivity contribution in [2.75, 3.05) is 0 Å². The molecule has 1 atom stereocenters. The van der Waals surface area contributed by atoms with Crippen LogP contribution >= 0.6 is 11.3 Å². The van der Waals surface area contributed by atoms with Crippen molar-refractivity contribution in [3.8, 4) is 0 Å². The molecule has 0 aromatic carbocycles. The third-order valence-electron chi connectivity index (χ3n) is 2.96. The lowest BCUT2D eigenvalue weighted by atomic mass is 10.0. The third-order valence-corrected chi connectivity index (χ3v) is 3.94. The molecule has 0 spiro atoms. The zero-order chi connectivity index (χ0) is 15.0. The van der Waals surface area contributed by atoms with Gasteiger partial charge in [0.1, 0.15) is 0 Å². The average Bonchev–Trinajstić information content (AvgIpc) is 2.81. The molecule has 4 heteroatoms. The van der Waals surface area contributed by atoms with Gasteiger partial charge in [0, 0.05) is 5.70 Å². The van der Waals surface area contributed by atoms with Crippen molar-refractivity contribution in [2.45, 2.75) is 59.2 Å². The van der Waals surface area contributed by atoms with Gasteiger partial charge in [-0.1, -0.05) is 26.2 Å². The molecule has 0 saturated carbocycles. The molecular formula is C16H25FN2S. The second kappa shape index (κ2) is 8.90. The van der Waals surface area contributed by atoms with Crippen molar-refractivity contribution in [3.05, 3.63) is 33.7 Å². The zero-order valence-electron chi connectivity index (χ0n) is 12.7. The number of nitrogens with zero attached hydrogens (tertiary/aromatic N) is 1. The van der Waals surface area contributed by atoms with Crippen molar-refractivity contribution >= 4 is 17.0 Å². The van der Waals surface area contributed by atoms with Gasteiger partial charge in [0.2, 0.25) is 0 Å². The summed E-state index contributed by atoms with van der Waals surface area (Å²) in [6.45, 7) is 5.44. The number of halogens is 1. The molecule has 112 valence electrons. The zero-order valence-corrected chi connectivity index (χ0v) is 13.5. The molecular weight excluding hydrogens is 271 g/mol. The fourth-order valence-electron chi connectivity index (χ4n) is 2.07. The number of alkyl halides is 1. The maximum atomic E-state index is 13.2. The second-order valence-corrected chi connectivity index (χ2v) is 5.98. The molecule has 0 aliphatic heterocycles. The summed E-state index contributed by atoms with van der Waals surface area (Å²) in [4.78, 5) is 5.12. The number of aliphatic imine (C=N–C) groups is 1. The molecule has 0 saturated heterocycles. The molecule has 0 fully saturated rings. The Bertz CT molecular complexity index is 457. The van der Waals surface area contributed by atoms with Gasteiger partial charge < -0.3 is 5.73 Å². The van der Waals surface area contributed by atoms with Gasteiger partial charge in [-0.15, -0.1) is 11.3 Å². The van der Waals surface area contributed by atoms with Crippen molar-refractivity contribution in [2.24, 2.45) is 10.7 Å². The van der Waals surface area contributed by atoms with Crippen LogP contribution in [0.25, 0.3) is 0 Å². The Labute approximate surface area is 125 Å². The summed E-state index contributed by atoms with van der Waals surface area (Å²) in [5.41, 5.74) is 8.30. The largest absolute Gasteiger partial charge is 0.402 e. The van der Waals surface area contributed by atoms with Gasteiger partial charge in [-0.2, -0.15) is 0 Å². The Hall–Kier alpha value is -1.16. The summed E-state index contributed by atoms with van der Waals surface area (Å²) in [6.07, 6.45) is 6.48. The Kier molecular flexibility index (Phi) is 7.52. The molecule has 1 rings (SSSR count). The van der Waals surface area contributed by atoms with Crippen LogP contribution in [0.5, 0.6) is 0 Å². The number of hydrogen-bond acceptors (Lipinski definition) is 3. The van der Waals surface area contributed by atoms with Crippen LogP contribution in [0.3, 0.4) is 0 Å². The lowest BCUT2D eigenvalue weighted by molar-refractivity contribution is 0.377. The molecule has 1 heterocycles. The van der Waals surface area contributed by atoms with Gasteiger partial charge in [-0.3, -0.25) is 0 Å². The molecule has 0 aliphatic carbocycles. The number of unbranched alkanes of at least 4 members (excludes halogenated alkanes) is 3. The van der Waals surface area contributed by atoms with Gasteiger partial charge >= 0.3 is 0 Å². The Morgan fingerprint density at radius 2 is 2.20 bits per heavy atom. The van der Waals surface area contributed by atoms with Crippen LogP contribution in [0.1, 0.15) is 56.9 Å². The number of thiophene rings is 1. The van der Waals surface area contributed by atoms with E-state index in [0.717, 1.165) is 11.3 Å². The summed E-state index contributed by atoms with van der Waals surface area (Å²) < 4.78 is 13.2. The standard InChI is InChI=1S/C16H25FN2S/c1-4-5-6-7-8-14-9-10-20-16(14)15(11-12(2)18)19-13(3)17/h9-11,13H,4-8,18H2,1-3H3/b12-11-,19-15?. The quantitative estimate of drug-likeness (QED) is 0.416. The SMILES string of the molecule is CCCCCCc1ccsc1C(/C=C(/C)N)=NC(C)F. The number of rotatable bonds is 8. The van der Waals surface area contributed by atoms with E-state index in [-0.39, 0.29) is 0 Å². The summed E-state index contributed by atoms with van der Waals surface area (Å²) in [5, 5.41) is 2.04. The van der Waals surface area contributed by atoms with E-state index in [2.05, 4.69) is 18.0 Å². The Morgan fingerprint density at radius 1 is 1.45 bits per heavy atom. The van der Waals surface area contributed by atoms with E-state index in [1.807, 2.05) is 5.38 Å². The van der Waals surface area contributed by atoms with Gasteiger partial charge in [-0.05, 0) is 49.8 Å². The second-order valence-electron chi connectivity index (χ2n) is 5.06. The molecule has 0 aliphatic rings. The highest BCUT2D eigenvalue weighted by atomic mass is 32.1. The maximum absolute atomic E-state index is 13.2. The lowest BCUT2D eigenvalue weighted by Crippen LogP contribution is -2.05. The van der Waals surface area contributed by atoms with E-state index in [0.29, 0.717) is 11.4 Å². The molecule has 2 nitrogen and oxygen atoms in total. The minimum atomic E-state index is -1.21. The Morgan fingerprint density at radius 3 is 2.80 bits per heavy atom. The molecule has 1 unspecified atom stereocenters. The monoisotopic (exact) mass is 296 g/mol. The van der Waals surface area contributed by atoms with Crippen LogP contribution in [0.2, 0.25) is 0 Å². The van der Waals surface area contributed by atoms with E-state index in [1.165, 1.54) is 38.2 Å². The minimum Gasteiger partial charge on any atom is -0.402 e. The van der Waals surface area contributed by atoms with E-state index in [4.69, 9.17) is 5.73 Å². The summed E-state index contributed by atoms with van der Waals surface area (Å²) in [5.74, 6) is 0. The van der Waals surface area contributed by atoms with Crippen molar-refractivity contribution < 1.29 is 4.39 Å². The van der Waals surface area contributed by atoms with Gasteiger partial charge in [0.05, 0.1) is 10.6 Å².